The summed E-state index contributed by atoms with van der Waals surface area (Å²) in [5.41, 5.74) is 7.49. The highest BCUT2D eigenvalue weighted by Crippen LogP contribution is 2.20. The maximum atomic E-state index is 12.5. The zero-order chi connectivity index (χ0) is 13.0. The Labute approximate surface area is 113 Å². The van der Waals surface area contributed by atoms with Gasteiger partial charge >= 0.3 is 0 Å². The molecular weight excluding hydrogens is 244 g/mol. The molecule has 0 radical (unpaired) electrons. The Morgan fingerprint density at radius 2 is 2.28 bits per heavy atom. The first-order chi connectivity index (χ1) is 8.72. The number of benzene rings is 1. The predicted molar refractivity (Wildman–Crippen MR) is 77.0 cm³/mol. The molecule has 1 aliphatic rings. The van der Waals surface area contributed by atoms with Gasteiger partial charge in [-0.1, -0.05) is 25.1 Å². The first-order valence-corrected chi connectivity index (χ1v) is 7.46. The Morgan fingerprint density at radius 1 is 1.50 bits per heavy atom. The predicted octanol–water partition coefficient (Wildman–Crippen LogP) is 1.77. The van der Waals surface area contributed by atoms with E-state index in [4.69, 9.17) is 5.73 Å². The lowest BCUT2D eigenvalue weighted by atomic mass is 10.0. The van der Waals surface area contributed by atoms with Crippen LogP contribution >= 0.6 is 11.8 Å². The molecule has 1 aromatic rings. The maximum absolute atomic E-state index is 12.5. The number of nitrogens with zero attached hydrogens (tertiary/aromatic N) is 1. The van der Waals surface area contributed by atoms with E-state index in [1.807, 2.05) is 40.9 Å². The topological polar surface area (TPSA) is 46.3 Å². The van der Waals surface area contributed by atoms with Crippen molar-refractivity contribution in [2.75, 3.05) is 25.4 Å². The van der Waals surface area contributed by atoms with E-state index >= 15 is 0 Å². The molecule has 0 spiro atoms. The van der Waals surface area contributed by atoms with Crippen molar-refractivity contribution < 1.29 is 4.79 Å². The van der Waals surface area contributed by atoms with Gasteiger partial charge in [0.2, 0.25) is 0 Å². The van der Waals surface area contributed by atoms with Crippen LogP contribution in [0.15, 0.2) is 24.3 Å². The van der Waals surface area contributed by atoms with E-state index in [0.29, 0.717) is 11.8 Å². The van der Waals surface area contributed by atoms with Gasteiger partial charge in [-0.2, -0.15) is 11.8 Å². The fraction of sp³-hybridized carbons (Fsp3) is 0.500. The molecule has 18 heavy (non-hydrogen) atoms. The van der Waals surface area contributed by atoms with Gasteiger partial charge in [0.15, 0.2) is 0 Å². The second-order valence-corrected chi connectivity index (χ2v) is 6.17. The monoisotopic (exact) mass is 264 g/mol. The second kappa shape index (κ2) is 6.25. The number of nitrogens with two attached hydrogens (primary N) is 1. The first-order valence-electron chi connectivity index (χ1n) is 6.41. The number of carbonyl (C=O) groups excluding carboxylic acids is 1. The number of hydrogen-bond donors (Lipinski definition) is 1. The summed E-state index contributed by atoms with van der Waals surface area (Å²) < 4.78 is 0. The van der Waals surface area contributed by atoms with Crippen LogP contribution in [-0.4, -0.2) is 41.4 Å². The fourth-order valence-electron chi connectivity index (χ4n) is 2.28. The molecule has 1 amide bonds. The van der Waals surface area contributed by atoms with E-state index in [0.717, 1.165) is 36.4 Å². The molecule has 1 aliphatic heterocycles. The third-order valence-electron chi connectivity index (χ3n) is 3.19. The zero-order valence-electron chi connectivity index (χ0n) is 10.8. The number of thioether (sulfide) groups is 1. The van der Waals surface area contributed by atoms with Crippen molar-refractivity contribution in [2.24, 2.45) is 5.73 Å². The van der Waals surface area contributed by atoms with Crippen LogP contribution in [0.25, 0.3) is 0 Å². The van der Waals surface area contributed by atoms with Crippen molar-refractivity contribution in [3.63, 3.8) is 0 Å². The van der Waals surface area contributed by atoms with E-state index < -0.39 is 0 Å². The number of hydrogen-bond acceptors (Lipinski definition) is 3. The largest absolute Gasteiger partial charge is 0.337 e. The zero-order valence-corrected chi connectivity index (χ0v) is 11.6. The van der Waals surface area contributed by atoms with E-state index in [1.165, 1.54) is 0 Å². The lowest BCUT2D eigenvalue weighted by Gasteiger charge is -2.31. The van der Waals surface area contributed by atoms with Crippen molar-refractivity contribution in [3.05, 3.63) is 35.4 Å². The quantitative estimate of drug-likeness (QED) is 0.905. The standard InChI is InChI=1S/C14H20N2OS/c1-11-10-16(8-9-18-11)14(17)13-5-3-2-4-12(13)6-7-15/h2-5,11H,6-10,15H2,1H3. The fourth-order valence-corrected chi connectivity index (χ4v) is 3.29. The van der Waals surface area contributed by atoms with Gasteiger partial charge in [0.1, 0.15) is 0 Å². The van der Waals surface area contributed by atoms with Crippen molar-refractivity contribution in [1.82, 2.24) is 4.90 Å². The average Bonchev–Trinajstić information content (AvgIpc) is 2.39. The molecule has 2 rings (SSSR count). The van der Waals surface area contributed by atoms with Gasteiger partial charge in [-0.3, -0.25) is 4.79 Å². The molecule has 0 saturated carbocycles. The van der Waals surface area contributed by atoms with Gasteiger partial charge < -0.3 is 10.6 Å². The van der Waals surface area contributed by atoms with Crippen LogP contribution in [0.4, 0.5) is 0 Å². The minimum atomic E-state index is 0.159. The van der Waals surface area contributed by atoms with Gasteiger partial charge in [0.25, 0.3) is 5.91 Å². The van der Waals surface area contributed by atoms with Crippen LogP contribution in [0.5, 0.6) is 0 Å². The molecule has 1 saturated heterocycles. The molecule has 1 aromatic carbocycles. The van der Waals surface area contributed by atoms with Crippen LogP contribution in [0, 0.1) is 0 Å². The number of carbonyl (C=O) groups is 1. The molecule has 0 bridgehead atoms. The molecule has 1 unspecified atom stereocenters. The lowest BCUT2D eigenvalue weighted by molar-refractivity contribution is 0.0762. The molecule has 0 aromatic heterocycles. The van der Waals surface area contributed by atoms with Crippen LogP contribution < -0.4 is 5.73 Å². The molecule has 98 valence electrons. The van der Waals surface area contributed by atoms with Gasteiger partial charge in [-0.15, -0.1) is 0 Å². The molecular formula is C14H20N2OS. The Hall–Kier alpha value is -1.00. The molecule has 1 atom stereocenters. The van der Waals surface area contributed by atoms with Gasteiger partial charge in [-0.25, -0.2) is 0 Å². The van der Waals surface area contributed by atoms with Crippen molar-refractivity contribution in [2.45, 2.75) is 18.6 Å². The summed E-state index contributed by atoms with van der Waals surface area (Å²) in [6.45, 7) is 4.46. The molecule has 3 nitrogen and oxygen atoms in total. The highest BCUT2D eigenvalue weighted by atomic mass is 32.2. The molecule has 4 heteroatoms. The van der Waals surface area contributed by atoms with Crippen LogP contribution in [0.3, 0.4) is 0 Å². The Kier molecular flexibility index (Phi) is 4.66. The first kappa shape index (κ1) is 13.4. The summed E-state index contributed by atoms with van der Waals surface area (Å²) in [4.78, 5) is 14.5. The minimum absolute atomic E-state index is 0.159. The highest BCUT2D eigenvalue weighted by molar-refractivity contribution is 7.99. The molecule has 0 aliphatic carbocycles. The summed E-state index contributed by atoms with van der Waals surface area (Å²) in [5.74, 6) is 1.19. The Balaban J connectivity index is 2.17. The van der Waals surface area contributed by atoms with E-state index in [1.54, 1.807) is 0 Å². The highest BCUT2D eigenvalue weighted by Gasteiger charge is 2.23. The molecule has 1 fully saturated rings. The average molecular weight is 264 g/mol. The normalized spacial score (nSPS) is 19.9. The SMILES string of the molecule is CC1CN(C(=O)c2ccccc2CCN)CCS1. The smallest absolute Gasteiger partial charge is 0.254 e. The third-order valence-corrected chi connectivity index (χ3v) is 4.33. The molecule has 1 heterocycles. The Bertz CT molecular complexity index is 422. The number of amides is 1. The van der Waals surface area contributed by atoms with E-state index in [-0.39, 0.29) is 5.91 Å². The van der Waals surface area contributed by atoms with Crippen LogP contribution in [0.2, 0.25) is 0 Å². The number of rotatable bonds is 3. The third kappa shape index (κ3) is 3.06. The maximum Gasteiger partial charge on any atom is 0.254 e. The Morgan fingerprint density at radius 3 is 3.00 bits per heavy atom. The van der Waals surface area contributed by atoms with Crippen LogP contribution in [0.1, 0.15) is 22.8 Å². The van der Waals surface area contributed by atoms with Gasteiger partial charge in [-0.05, 0) is 24.6 Å². The van der Waals surface area contributed by atoms with E-state index in [9.17, 15) is 4.79 Å². The molecule has 2 N–H and O–H groups in total. The summed E-state index contributed by atoms with van der Waals surface area (Å²) in [5, 5.41) is 0.532. The summed E-state index contributed by atoms with van der Waals surface area (Å²) in [6, 6.07) is 7.81. The second-order valence-electron chi connectivity index (χ2n) is 4.63. The van der Waals surface area contributed by atoms with Crippen molar-refractivity contribution >= 4 is 17.7 Å². The van der Waals surface area contributed by atoms with Crippen molar-refractivity contribution in [1.29, 1.82) is 0 Å². The minimum Gasteiger partial charge on any atom is -0.337 e. The van der Waals surface area contributed by atoms with Crippen LogP contribution in [-0.2, 0) is 6.42 Å². The lowest BCUT2D eigenvalue weighted by Crippen LogP contribution is -2.41. The summed E-state index contributed by atoms with van der Waals surface area (Å²) >= 11 is 1.93. The van der Waals surface area contributed by atoms with Gasteiger partial charge in [0.05, 0.1) is 0 Å². The van der Waals surface area contributed by atoms with Gasteiger partial charge in [0, 0.05) is 29.7 Å². The van der Waals surface area contributed by atoms with Crippen molar-refractivity contribution in [3.8, 4) is 0 Å². The summed E-state index contributed by atoms with van der Waals surface area (Å²) in [6.07, 6.45) is 0.764. The van der Waals surface area contributed by atoms with E-state index in [2.05, 4.69) is 6.92 Å². The summed E-state index contributed by atoms with van der Waals surface area (Å²) in [7, 11) is 0.